The molecule has 0 bridgehead atoms. The molecule has 23 heavy (non-hydrogen) atoms. The first-order valence-corrected chi connectivity index (χ1v) is 8.14. The molecule has 0 aromatic carbocycles. The third kappa shape index (κ3) is 3.06. The number of rotatable bonds is 4. The second kappa shape index (κ2) is 6.02. The number of hydrogen-bond donors (Lipinski definition) is 0. The van der Waals surface area contributed by atoms with Crippen LogP contribution in [0.1, 0.15) is 5.69 Å². The van der Waals surface area contributed by atoms with Gasteiger partial charge in [-0.05, 0) is 24.3 Å². The average Bonchev–Trinajstić information content (AvgIpc) is 3.20. The third-order valence-electron chi connectivity index (χ3n) is 3.12. The van der Waals surface area contributed by atoms with E-state index in [1.165, 1.54) is 11.8 Å². The van der Waals surface area contributed by atoms with E-state index >= 15 is 0 Å². The number of aromatic nitrogens is 5. The molecule has 0 fully saturated rings. The predicted molar refractivity (Wildman–Crippen MR) is 87.3 cm³/mol. The Balaban J connectivity index is 1.49. The Kier molecular flexibility index (Phi) is 3.72. The highest BCUT2D eigenvalue weighted by Crippen LogP contribution is 2.25. The Hall–Kier alpha value is -2.38. The molecule has 114 valence electrons. The second-order valence-corrected chi connectivity index (χ2v) is 6.11. The van der Waals surface area contributed by atoms with Crippen molar-refractivity contribution < 1.29 is 4.42 Å². The lowest BCUT2D eigenvalue weighted by atomic mass is 10.3. The summed E-state index contributed by atoms with van der Waals surface area (Å²) < 4.78 is 7.53. The fraction of sp³-hybridized carbons (Fsp3) is 0.0667. The van der Waals surface area contributed by atoms with Gasteiger partial charge in [-0.15, -0.1) is 10.2 Å². The maximum Gasteiger partial charge on any atom is 0.277 e. The second-order valence-electron chi connectivity index (χ2n) is 4.75. The van der Waals surface area contributed by atoms with Gasteiger partial charge in [0.25, 0.3) is 5.22 Å². The van der Waals surface area contributed by atoms with Crippen LogP contribution >= 0.6 is 23.4 Å². The van der Waals surface area contributed by atoms with Crippen LogP contribution in [0, 0.1) is 0 Å². The van der Waals surface area contributed by atoms with E-state index in [9.17, 15) is 0 Å². The maximum absolute atomic E-state index is 5.97. The van der Waals surface area contributed by atoms with Crippen molar-refractivity contribution in [1.29, 1.82) is 0 Å². The fourth-order valence-corrected chi connectivity index (χ4v) is 2.91. The smallest absolute Gasteiger partial charge is 0.277 e. The molecule has 0 aliphatic heterocycles. The van der Waals surface area contributed by atoms with Crippen molar-refractivity contribution in [3.8, 4) is 11.5 Å². The highest BCUT2D eigenvalue weighted by Gasteiger charge is 2.10. The predicted octanol–water partition coefficient (Wildman–Crippen LogP) is 3.73. The van der Waals surface area contributed by atoms with E-state index in [1.54, 1.807) is 12.4 Å². The lowest BCUT2D eigenvalue weighted by Gasteiger charge is -1.92. The van der Waals surface area contributed by atoms with Crippen LogP contribution < -0.4 is 0 Å². The standard InChI is InChI=1S/C15H10ClN5OS/c16-11-3-4-13-18-12(8-21(13)7-11)9-23-15-20-19-14(22-15)10-2-1-5-17-6-10/h1-8H,9H2. The number of nitrogens with zero attached hydrogens (tertiary/aromatic N) is 5. The van der Waals surface area contributed by atoms with Crippen LogP contribution in [0.3, 0.4) is 0 Å². The summed E-state index contributed by atoms with van der Waals surface area (Å²) in [5.74, 6) is 1.09. The van der Waals surface area contributed by atoms with Crippen molar-refractivity contribution in [2.75, 3.05) is 0 Å². The minimum Gasteiger partial charge on any atom is -0.411 e. The van der Waals surface area contributed by atoms with Gasteiger partial charge in [-0.2, -0.15) is 0 Å². The van der Waals surface area contributed by atoms with Gasteiger partial charge in [0.1, 0.15) is 5.65 Å². The summed E-state index contributed by atoms with van der Waals surface area (Å²) in [4.78, 5) is 8.55. The Morgan fingerprint density at radius 3 is 3.00 bits per heavy atom. The van der Waals surface area contributed by atoms with Gasteiger partial charge in [0.15, 0.2) is 0 Å². The Morgan fingerprint density at radius 1 is 1.17 bits per heavy atom. The summed E-state index contributed by atoms with van der Waals surface area (Å²) in [6.07, 6.45) is 7.15. The van der Waals surface area contributed by atoms with Crippen molar-refractivity contribution in [3.05, 3.63) is 59.8 Å². The monoisotopic (exact) mass is 343 g/mol. The Morgan fingerprint density at radius 2 is 2.13 bits per heavy atom. The number of fused-ring (bicyclic) bond motifs is 1. The fourth-order valence-electron chi connectivity index (χ4n) is 2.10. The Labute approximate surface area is 140 Å². The average molecular weight is 344 g/mol. The summed E-state index contributed by atoms with van der Waals surface area (Å²) in [6, 6.07) is 7.40. The highest BCUT2D eigenvalue weighted by molar-refractivity contribution is 7.98. The lowest BCUT2D eigenvalue weighted by molar-refractivity contribution is 0.465. The van der Waals surface area contributed by atoms with Gasteiger partial charge >= 0.3 is 0 Å². The minimum absolute atomic E-state index is 0.461. The zero-order valence-corrected chi connectivity index (χ0v) is 13.3. The van der Waals surface area contributed by atoms with Crippen molar-refractivity contribution in [2.24, 2.45) is 0 Å². The molecule has 0 aliphatic carbocycles. The first-order chi connectivity index (χ1) is 11.3. The number of imidazole rings is 1. The lowest BCUT2D eigenvalue weighted by Crippen LogP contribution is -1.79. The first-order valence-electron chi connectivity index (χ1n) is 6.78. The molecule has 8 heteroatoms. The van der Waals surface area contributed by atoms with Gasteiger partial charge in [0.05, 0.1) is 16.3 Å². The SMILES string of the molecule is Clc1ccc2nc(CSc3nnc(-c4cccnc4)o3)cn2c1. The van der Waals surface area contributed by atoms with E-state index in [2.05, 4.69) is 20.2 Å². The molecule has 0 saturated carbocycles. The van der Waals surface area contributed by atoms with Crippen molar-refractivity contribution >= 4 is 29.0 Å². The molecule has 4 heterocycles. The first kappa shape index (κ1) is 14.2. The molecule has 0 saturated heterocycles. The number of pyridine rings is 2. The number of thioether (sulfide) groups is 1. The summed E-state index contributed by atoms with van der Waals surface area (Å²) in [5.41, 5.74) is 2.57. The largest absolute Gasteiger partial charge is 0.411 e. The Bertz CT molecular complexity index is 953. The van der Waals surface area contributed by atoms with Crippen molar-refractivity contribution in [1.82, 2.24) is 24.6 Å². The molecule has 4 aromatic heterocycles. The van der Waals surface area contributed by atoms with E-state index in [0.717, 1.165) is 16.9 Å². The molecule has 0 atom stereocenters. The molecule has 4 rings (SSSR count). The highest BCUT2D eigenvalue weighted by atomic mass is 35.5. The van der Waals surface area contributed by atoms with Crippen LogP contribution in [0.15, 0.2) is 58.7 Å². The van der Waals surface area contributed by atoms with Crippen LogP contribution in [0.5, 0.6) is 0 Å². The van der Waals surface area contributed by atoms with E-state index < -0.39 is 0 Å². The van der Waals surface area contributed by atoms with E-state index in [0.29, 0.717) is 21.9 Å². The van der Waals surface area contributed by atoms with Crippen LogP contribution in [0.4, 0.5) is 0 Å². The van der Waals surface area contributed by atoms with Gasteiger partial charge < -0.3 is 8.82 Å². The summed E-state index contributed by atoms with van der Waals surface area (Å²) in [5, 5.41) is 9.24. The zero-order valence-electron chi connectivity index (χ0n) is 11.8. The van der Waals surface area contributed by atoms with Crippen LogP contribution in [0.2, 0.25) is 5.02 Å². The third-order valence-corrected chi connectivity index (χ3v) is 4.20. The molecular formula is C15H10ClN5OS. The van der Waals surface area contributed by atoms with Gasteiger partial charge in [-0.3, -0.25) is 4.98 Å². The molecule has 0 unspecified atom stereocenters. The quantitative estimate of drug-likeness (QED) is 0.526. The van der Waals surface area contributed by atoms with Gasteiger partial charge in [0.2, 0.25) is 5.89 Å². The minimum atomic E-state index is 0.461. The molecule has 0 amide bonds. The summed E-state index contributed by atoms with van der Waals surface area (Å²) in [6.45, 7) is 0. The van der Waals surface area contributed by atoms with Crippen LogP contribution in [-0.4, -0.2) is 24.6 Å². The van der Waals surface area contributed by atoms with Gasteiger partial charge in [-0.1, -0.05) is 23.4 Å². The van der Waals surface area contributed by atoms with Crippen LogP contribution in [-0.2, 0) is 5.75 Å². The summed E-state index contributed by atoms with van der Waals surface area (Å²) in [7, 11) is 0. The van der Waals surface area contributed by atoms with Gasteiger partial charge in [-0.25, -0.2) is 4.98 Å². The molecule has 0 aliphatic rings. The summed E-state index contributed by atoms with van der Waals surface area (Å²) >= 11 is 7.41. The molecule has 6 nitrogen and oxygen atoms in total. The molecule has 4 aromatic rings. The molecular weight excluding hydrogens is 334 g/mol. The van der Waals surface area contributed by atoms with Crippen molar-refractivity contribution in [2.45, 2.75) is 11.0 Å². The van der Waals surface area contributed by atoms with Gasteiger partial charge in [0, 0.05) is 30.5 Å². The van der Waals surface area contributed by atoms with E-state index in [-0.39, 0.29) is 0 Å². The van der Waals surface area contributed by atoms with E-state index in [4.69, 9.17) is 16.0 Å². The maximum atomic E-state index is 5.97. The number of halogens is 1. The molecule has 0 N–H and O–H groups in total. The van der Waals surface area contributed by atoms with Crippen molar-refractivity contribution in [3.63, 3.8) is 0 Å². The number of hydrogen-bond acceptors (Lipinski definition) is 6. The topological polar surface area (TPSA) is 69.1 Å². The van der Waals surface area contributed by atoms with E-state index in [1.807, 2.05) is 41.1 Å². The molecule has 0 spiro atoms. The normalized spacial score (nSPS) is 11.2. The molecule has 0 radical (unpaired) electrons. The zero-order chi connectivity index (χ0) is 15.6. The van der Waals surface area contributed by atoms with Crippen LogP contribution in [0.25, 0.3) is 17.1 Å².